The SMILES string of the molecule is COc1ccc(S(=O)(=O)Nc2cccc(CS(N)(=O)=O)c2)cc1OC. The average molecular weight is 386 g/mol. The lowest BCUT2D eigenvalue weighted by molar-refractivity contribution is 0.354. The summed E-state index contributed by atoms with van der Waals surface area (Å²) < 4.78 is 59.9. The molecule has 0 fully saturated rings. The van der Waals surface area contributed by atoms with E-state index in [2.05, 4.69) is 4.72 Å². The summed E-state index contributed by atoms with van der Waals surface area (Å²) in [5.74, 6) is 0.281. The number of methoxy groups -OCH3 is 2. The summed E-state index contributed by atoms with van der Waals surface area (Å²) in [6.45, 7) is 0. The molecule has 0 unspecified atom stereocenters. The van der Waals surface area contributed by atoms with Gasteiger partial charge in [0.1, 0.15) is 0 Å². The molecule has 2 rings (SSSR count). The van der Waals surface area contributed by atoms with Crippen LogP contribution in [0.3, 0.4) is 0 Å². The first kappa shape index (κ1) is 19.0. The van der Waals surface area contributed by atoms with Gasteiger partial charge < -0.3 is 9.47 Å². The molecule has 10 heteroatoms. The van der Waals surface area contributed by atoms with Crippen LogP contribution >= 0.6 is 0 Å². The van der Waals surface area contributed by atoms with E-state index in [4.69, 9.17) is 14.6 Å². The number of anilines is 1. The highest BCUT2D eigenvalue weighted by Gasteiger charge is 2.17. The zero-order chi connectivity index (χ0) is 18.7. The molecule has 0 aliphatic rings. The minimum Gasteiger partial charge on any atom is -0.493 e. The van der Waals surface area contributed by atoms with Crippen molar-refractivity contribution in [3.63, 3.8) is 0 Å². The number of rotatable bonds is 7. The van der Waals surface area contributed by atoms with Gasteiger partial charge in [-0.1, -0.05) is 12.1 Å². The topological polar surface area (TPSA) is 125 Å². The summed E-state index contributed by atoms with van der Waals surface area (Å²) in [6, 6.07) is 10.2. The van der Waals surface area contributed by atoms with Crippen LogP contribution in [0, 0.1) is 0 Å². The van der Waals surface area contributed by atoms with Crippen LogP contribution in [0.4, 0.5) is 5.69 Å². The van der Waals surface area contributed by atoms with Gasteiger partial charge in [0.2, 0.25) is 10.0 Å². The third-order valence-electron chi connectivity index (χ3n) is 3.21. The number of ether oxygens (including phenoxy) is 2. The molecule has 0 saturated heterocycles. The molecule has 25 heavy (non-hydrogen) atoms. The zero-order valence-corrected chi connectivity index (χ0v) is 15.2. The van der Waals surface area contributed by atoms with E-state index >= 15 is 0 Å². The van der Waals surface area contributed by atoms with Crippen LogP contribution in [0.1, 0.15) is 5.56 Å². The molecule has 2 aromatic carbocycles. The highest BCUT2D eigenvalue weighted by atomic mass is 32.2. The maximum Gasteiger partial charge on any atom is 0.262 e. The molecule has 0 aromatic heterocycles. The van der Waals surface area contributed by atoms with Crippen LogP contribution in [-0.2, 0) is 25.8 Å². The largest absolute Gasteiger partial charge is 0.493 e. The van der Waals surface area contributed by atoms with E-state index in [1.165, 1.54) is 50.6 Å². The molecule has 0 atom stereocenters. The molecule has 3 N–H and O–H groups in total. The van der Waals surface area contributed by atoms with E-state index in [-0.39, 0.29) is 22.1 Å². The van der Waals surface area contributed by atoms with Gasteiger partial charge in [-0.2, -0.15) is 0 Å². The van der Waals surface area contributed by atoms with E-state index in [0.29, 0.717) is 11.3 Å². The van der Waals surface area contributed by atoms with Crippen LogP contribution in [-0.4, -0.2) is 31.1 Å². The van der Waals surface area contributed by atoms with Crippen molar-refractivity contribution in [1.29, 1.82) is 0 Å². The first-order valence-electron chi connectivity index (χ1n) is 6.99. The Kier molecular flexibility index (Phi) is 5.55. The summed E-state index contributed by atoms with van der Waals surface area (Å²) in [6.07, 6.45) is 0. The number of primary sulfonamides is 1. The van der Waals surface area contributed by atoms with Gasteiger partial charge in [0.05, 0.1) is 24.9 Å². The van der Waals surface area contributed by atoms with Crippen molar-refractivity contribution in [1.82, 2.24) is 0 Å². The number of sulfonamides is 2. The lowest BCUT2D eigenvalue weighted by atomic mass is 10.2. The molecule has 0 aliphatic carbocycles. The molecule has 0 radical (unpaired) electrons. The van der Waals surface area contributed by atoms with E-state index in [1.54, 1.807) is 6.07 Å². The second-order valence-electron chi connectivity index (χ2n) is 5.13. The fourth-order valence-corrected chi connectivity index (χ4v) is 3.86. The molecule has 0 amide bonds. The van der Waals surface area contributed by atoms with E-state index in [1.807, 2.05) is 0 Å². The van der Waals surface area contributed by atoms with Gasteiger partial charge in [-0.3, -0.25) is 4.72 Å². The Hall–Kier alpha value is -2.30. The Balaban J connectivity index is 2.31. The molecule has 2 aromatic rings. The Morgan fingerprint density at radius 3 is 2.24 bits per heavy atom. The maximum absolute atomic E-state index is 12.5. The third kappa shape index (κ3) is 5.08. The van der Waals surface area contributed by atoms with E-state index in [0.717, 1.165) is 0 Å². The minimum absolute atomic E-state index is 0.0259. The van der Waals surface area contributed by atoms with Gasteiger partial charge in [0.25, 0.3) is 10.0 Å². The summed E-state index contributed by atoms with van der Waals surface area (Å²) in [7, 11) is -4.76. The van der Waals surface area contributed by atoms with Gasteiger partial charge >= 0.3 is 0 Å². The van der Waals surface area contributed by atoms with Crippen LogP contribution in [0.5, 0.6) is 11.5 Å². The van der Waals surface area contributed by atoms with E-state index in [9.17, 15) is 16.8 Å². The highest BCUT2D eigenvalue weighted by molar-refractivity contribution is 7.92. The standard InChI is InChI=1S/C15H18N2O6S2/c1-22-14-7-6-13(9-15(14)23-2)25(20,21)17-12-5-3-4-11(8-12)10-24(16,18)19/h3-9,17H,10H2,1-2H3,(H2,16,18,19). The fraction of sp³-hybridized carbons (Fsp3) is 0.200. The van der Waals surface area contributed by atoms with Crippen LogP contribution in [0.25, 0.3) is 0 Å². The molecule has 0 aliphatic heterocycles. The van der Waals surface area contributed by atoms with Crippen molar-refractivity contribution in [3.05, 3.63) is 48.0 Å². The first-order chi connectivity index (χ1) is 11.6. The molecule has 136 valence electrons. The molecule has 8 nitrogen and oxygen atoms in total. The third-order valence-corrected chi connectivity index (χ3v) is 5.33. The zero-order valence-electron chi connectivity index (χ0n) is 13.6. The van der Waals surface area contributed by atoms with Gasteiger partial charge in [-0.05, 0) is 29.8 Å². The molecule has 0 spiro atoms. The summed E-state index contributed by atoms with van der Waals surface area (Å²) in [4.78, 5) is -0.0259. The lowest BCUT2D eigenvalue weighted by Crippen LogP contribution is -2.15. The quantitative estimate of drug-likeness (QED) is 0.739. The van der Waals surface area contributed by atoms with Crippen molar-refractivity contribution in [2.45, 2.75) is 10.6 Å². The predicted molar refractivity (Wildman–Crippen MR) is 93.6 cm³/mol. The van der Waals surface area contributed by atoms with Crippen LogP contribution < -0.4 is 19.3 Å². The predicted octanol–water partition coefficient (Wildman–Crippen LogP) is 1.29. The number of nitrogens with one attached hydrogen (secondary N) is 1. The molecular formula is C15H18N2O6S2. The van der Waals surface area contributed by atoms with Crippen molar-refractivity contribution < 1.29 is 26.3 Å². The summed E-state index contributed by atoms with van der Waals surface area (Å²) in [5, 5.41) is 5.00. The molecule has 0 bridgehead atoms. The maximum atomic E-state index is 12.5. The number of benzene rings is 2. The fourth-order valence-electron chi connectivity index (χ4n) is 2.15. The van der Waals surface area contributed by atoms with Crippen LogP contribution in [0.15, 0.2) is 47.4 Å². The Morgan fingerprint density at radius 2 is 1.64 bits per heavy atom. The van der Waals surface area contributed by atoms with Crippen molar-refractivity contribution in [2.75, 3.05) is 18.9 Å². The normalized spacial score (nSPS) is 11.8. The van der Waals surface area contributed by atoms with Crippen molar-refractivity contribution in [3.8, 4) is 11.5 Å². The van der Waals surface area contributed by atoms with Gasteiger partial charge in [0, 0.05) is 11.8 Å². The van der Waals surface area contributed by atoms with Crippen LogP contribution in [0.2, 0.25) is 0 Å². The molecule has 0 heterocycles. The summed E-state index contributed by atoms with van der Waals surface area (Å²) in [5.41, 5.74) is 0.589. The number of hydrogen-bond acceptors (Lipinski definition) is 6. The smallest absolute Gasteiger partial charge is 0.262 e. The first-order valence-corrected chi connectivity index (χ1v) is 10.2. The highest BCUT2D eigenvalue weighted by Crippen LogP contribution is 2.30. The minimum atomic E-state index is -3.90. The van der Waals surface area contributed by atoms with Gasteiger partial charge in [0.15, 0.2) is 11.5 Å². The Morgan fingerprint density at radius 1 is 0.960 bits per heavy atom. The second kappa shape index (κ2) is 7.30. The van der Waals surface area contributed by atoms with Crippen molar-refractivity contribution >= 4 is 25.7 Å². The van der Waals surface area contributed by atoms with Gasteiger partial charge in [-0.25, -0.2) is 22.0 Å². The Bertz CT molecular complexity index is 971. The summed E-state index contributed by atoms with van der Waals surface area (Å²) >= 11 is 0. The monoisotopic (exact) mass is 386 g/mol. The average Bonchev–Trinajstić information content (AvgIpc) is 2.52. The number of hydrogen-bond donors (Lipinski definition) is 2. The molecular weight excluding hydrogens is 368 g/mol. The lowest BCUT2D eigenvalue weighted by Gasteiger charge is -2.12. The van der Waals surface area contributed by atoms with Crippen molar-refractivity contribution in [2.24, 2.45) is 5.14 Å². The molecule has 0 saturated carbocycles. The second-order valence-corrected chi connectivity index (χ2v) is 8.43. The Labute approximate surface area is 146 Å². The van der Waals surface area contributed by atoms with Gasteiger partial charge in [-0.15, -0.1) is 0 Å². The number of nitrogens with two attached hydrogens (primary N) is 1. The van der Waals surface area contributed by atoms with E-state index < -0.39 is 20.0 Å².